The van der Waals surface area contributed by atoms with Crippen LogP contribution in [0.2, 0.25) is 0 Å². The van der Waals surface area contributed by atoms with E-state index in [-0.39, 0.29) is 11.9 Å². The van der Waals surface area contributed by atoms with Gasteiger partial charge in [-0.25, -0.2) is 0 Å². The molecule has 1 amide bonds. The molecule has 18 heavy (non-hydrogen) atoms. The summed E-state index contributed by atoms with van der Waals surface area (Å²) in [7, 11) is 0. The van der Waals surface area contributed by atoms with E-state index < -0.39 is 0 Å². The smallest absolute Gasteiger partial charge is 0.243 e. The minimum Gasteiger partial charge on any atom is -0.320 e. The van der Waals surface area contributed by atoms with E-state index in [2.05, 4.69) is 6.07 Å². The first kappa shape index (κ1) is 13.8. The Morgan fingerprint density at radius 1 is 1.56 bits per heavy atom. The molecule has 2 N–H and O–H groups in total. The molecule has 98 valence electrons. The maximum Gasteiger partial charge on any atom is 0.243 e. The number of anilines is 1. The molecule has 1 heterocycles. The van der Waals surface area contributed by atoms with Gasteiger partial charge in [0.05, 0.1) is 11.7 Å². The molecule has 1 aromatic carbocycles. The molecule has 3 nitrogen and oxygen atoms in total. The first-order valence-electron chi connectivity index (χ1n) is 6.01. The summed E-state index contributed by atoms with van der Waals surface area (Å²) in [5.41, 5.74) is 6.99. The monoisotopic (exact) mass is 282 g/mol. The first-order valence-corrected chi connectivity index (χ1v) is 8.39. The van der Waals surface area contributed by atoms with Gasteiger partial charge in [-0.2, -0.15) is 11.8 Å². The van der Waals surface area contributed by atoms with Gasteiger partial charge in [0.25, 0.3) is 0 Å². The van der Waals surface area contributed by atoms with Crippen LogP contribution in [0.25, 0.3) is 0 Å². The third-order valence-corrected chi connectivity index (χ3v) is 4.63. The minimum atomic E-state index is -0.381. The summed E-state index contributed by atoms with van der Waals surface area (Å²) in [5, 5.41) is 0. The summed E-state index contributed by atoms with van der Waals surface area (Å²) in [6.07, 6.45) is 2.77. The molecule has 0 saturated carbocycles. The SMILES string of the molecule is CSCC[C@H](N)C(=O)N1CCSc2ccccc21. The third kappa shape index (κ3) is 3.02. The molecule has 1 aromatic rings. The van der Waals surface area contributed by atoms with E-state index in [1.54, 1.807) is 23.5 Å². The number of para-hydroxylation sites is 1. The fourth-order valence-electron chi connectivity index (χ4n) is 1.97. The van der Waals surface area contributed by atoms with Crippen molar-refractivity contribution >= 4 is 35.1 Å². The number of nitrogens with zero attached hydrogens (tertiary/aromatic N) is 1. The Balaban J connectivity index is 2.12. The molecule has 0 aliphatic carbocycles. The van der Waals surface area contributed by atoms with Gasteiger partial charge in [0.15, 0.2) is 0 Å². The molecule has 0 spiro atoms. The zero-order valence-electron chi connectivity index (χ0n) is 10.5. The molecule has 2 rings (SSSR count). The van der Waals surface area contributed by atoms with Crippen molar-refractivity contribution in [3.8, 4) is 0 Å². The fraction of sp³-hybridized carbons (Fsp3) is 0.462. The van der Waals surface area contributed by atoms with Crippen molar-refractivity contribution in [3.05, 3.63) is 24.3 Å². The number of hydrogen-bond acceptors (Lipinski definition) is 4. The largest absolute Gasteiger partial charge is 0.320 e. The van der Waals surface area contributed by atoms with Crippen LogP contribution >= 0.6 is 23.5 Å². The number of carbonyl (C=O) groups is 1. The average molecular weight is 282 g/mol. The summed E-state index contributed by atoms with van der Waals surface area (Å²) >= 11 is 3.53. The normalized spacial score (nSPS) is 16.2. The van der Waals surface area contributed by atoms with E-state index in [1.807, 2.05) is 29.4 Å². The van der Waals surface area contributed by atoms with E-state index >= 15 is 0 Å². The lowest BCUT2D eigenvalue weighted by molar-refractivity contribution is -0.119. The maximum absolute atomic E-state index is 12.3. The van der Waals surface area contributed by atoms with Crippen LogP contribution in [0.15, 0.2) is 29.2 Å². The quantitative estimate of drug-likeness (QED) is 0.919. The average Bonchev–Trinajstić information content (AvgIpc) is 2.43. The Hall–Kier alpha value is -0.650. The maximum atomic E-state index is 12.3. The Bertz CT molecular complexity index is 425. The minimum absolute atomic E-state index is 0.0526. The zero-order valence-corrected chi connectivity index (χ0v) is 12.1. The van der Waals surface area contributed by atoms with Crippen LogP contribution in [-0.2, 0) is 4.79 Å². The molecule has 0 bridgehead atoms. The second-order valence-electron chi connectivity index (χ2n) is 4.19. The van der Waals surface area contributed by atoms with Crippen molar-refractivity contribution in [1.82, 2.24) is 0 Å². The van der Waals surface area contributed by atoms with Crippen molar-refractivity contribution in [3.63, 3.8) is 0 Å². The Kier molecular flexibility index (Phi) is 4.97. The van der Waals surface area contributed by atoms with Crippen LogP contribution in [0, 0.1) is 0 Å². The van der Waals surface area contributed by atoms with Crippen molar-refractivity contribution in [2.75, 3.05) is 29.2 Å². The molecular weight excluding hydrogens is 264 g/mol. The molecule has 1 aliphatic heterocycles. The van der Waals surface area contributed by atoms with Crippen molar-refractivity contribution in [2.24, 2.45) is 5.73 Å². The number of rotatable bonds is 4. The molecular formula is C13H18N2OS2. The van der Waals surface area contributed by atoms with Gasteiger partial charge >= 0.3 is 0 Å². The number of benzene rings is 1. The number of thioether (sulfide) groups is 2. The summed E-state index contributed by atoms with van der Waals surface area (Å²) < 4.78 is 0. The van der Waals surface area contributed by atoms with Gasteiger partial charge in [-0.1, -0.05) is 12.1 Å². The molecule has 0 aromatic heterocycles. The van der Waals surface area contributed by atoms with E-state index in [9.17, 15) is 4.79 Å². The van der Waals surface area contributed by atoms with Gasteiger partial charge in [-0.15, -0.1) is 11.8 Å². The number of fused-ring (bicyclic) bond motifs is 1. The van der Waals surface area contributed by atoms with Gasteiger partial charge in [0.2, 0.25) is 5.91 Å². The van der Waals surface area contributed by atoms with Crippen molar-refractivity contribution in [2.45, 2.75) is 17.4 Å². The van der Waals surface area contributed by atoms with Crippen molar-refractivity contribution < 1.29 is 4.79 Å². The van der Waals surface area contributed by atoms with Crippen LogP contribution in [0.3, 0.4) is 0 Å². The number of hydrogen-bond donors (Lipinski definition) is 1. The highest BCUT2D eigenvalue weighted by Crippen LogP contribution is 2.34. The van der Waals surface area contributed by atoms with Crippen LogP contribution < -0.4 is 10.6 Å². The predicted octanol–water partition coefficient (Wildman–Crippen LogP) is 2.21. The van der Waals surface area contributed by atoms with E-state index in [4.69, 9.17) is 5.73 Å². The summed E-state index contributed by atoms with van der Waals surface area (Å²) in [4.78, 5) is 15.4. The lowest BCUT2D eigenvalue weighted by Crippen LogP contribution is -2.46. The van der Waals surface area contributed by atoms with Gasteiger partial charge in [0, 0.05) is 17.2 Å². The molecule has 0 radical (unpaired) electrons. The fourth-order valence-corrected chi connectivity index (χ4v) is 3.45. The standard InChI is InChI=1S/C13H18N2OS2/c1-17-8-6-10(14)13(16)15-7-9-18-12-5-3-2-4-11(12)15/h2-5,10H,6-9,14H2,1H3/t10-/m0/s1. The van der Waals surface area contributed by atoms with Gasteiger partial charge in [-0.3, -0.25) is 4.79 Å². The third-order valence-electron chi connectivity index (χ3n) is 2.94. The van der Waals surface area contributed by atoms with Gasteiger partial charge in [-0.05, 0) is 30.6 Å². The molecule has 5 heteroatoms. The van der Waals surface area contributed by atoms with E-state index in [0.717, 1.165) is 30.2 Å². The molecule has 1 atom stereocenters. The lowest BCUT2D eigenvalue weighted by Gasteiger charge is -2.30. The van der Waals surface area contributed by atoms with Crippen LogP contribution in [0.5, 0.6) is 0 Å². The molecule has 0 saturated heterocycles. The first-order chi connectivity index (χ1) is 8.74. The molecule has 0 unspecified atom stereocenters. The van der Waals surface area contributed by atoms with Crippen LogP contribution in [0.4, 0.5) is 5.69 Å². The Morgan fingerprint density at radius 2 is 2.33 bits per heavy atom. The van der Waals surface area contributed by atoms with Gasteiger partial charge in [0.1, 0.15) is 0 Å². The Morgan fingerprint density at radius 3 is 3.11 bits per heavy atom. The highest BCUT2D eigenvalue weighted by atomic mass is 32.2. The number of amides is 1. The second-order valence-corrected chi connectivity index (χ2v) is 6.32. The highest BCUT2D eigenvalue weighted by Gasteiger charge is 2.26. The predicted molar refractivity (Wildman–Crippen MR) is 80.5 cm³/mol. The summed E-state index contributed by atoms with van der Waals surface area (Å²) in [6.45, 7) is 0.757. The van der Waals surface area contributed by atoms with Gasteiger partial charge < -0.3 is 10.6 Å². The van der Waals surface area contributed by atoms with Crippen molar-refractivity contribution in [1.29, 1.82) is 0 Å². The molecule has 1 aliphatic rings. The number of nitrogens with two attached hydrogens (primary N) is 1. The lowest BCUT2D eigenvalue weighted by atomic mass is 10.2. The Labute approximate surface area is 116 Å². The topological polar surface area (TPSA) is 46.3 Å². The highest BCUT2D eigenvalue weighted by molar-refractivity contribution is 7.99. The zero-order chi connectivity index (χ0) is 13.0. The second kappa shape index (κ2) is 6.50. The van der Waals surface area contributed by atoms with E-state index in [1.165, 1.54) is 4.90 Å². The van der Waals surface area contributed by atoms with Crippen LogP contribution in [-0.4, -0.2) is 36.3 Å². The van der Waals surface area contributed by atoms with Crippen LogP contribution in [0.1, 0.15) is 6.42 Å². The molecule has 0 fully saturated rings. The summed E-state index contributed by atoms with van der Waals surface area (Å²) in [5.74, 6) is 1.92. The number of carbonyl (C=O) groups excluding carboxylic acids is 1. The summed E-state index contributed by atoms with van der Waals surface area (Å²) in [6, 6.07) is 7.66. The van der Waals surface area contributed by atoms with E-state index in [0.29, 0.717) is 0 Å².